The molecular formula is C14H15BrN4. The van der Waals surface area contributed by atoms with Crippen molar-refractivity contribution in [1.29, 1.82) is 0 Å². The number of hydrazine groups is 1. The molecule has 0 bridgehead atoms. The zero-order valence-corrected chi connectivity index (χ0v) is 12.1. The van der Waals surface area contributed by atoms with Gasteiger partial charge in [0.05, 0.1) is 5.69 Å². The Morgan fingerprint density at radius 2 is 1.89 bits per heavy atom. The average Bonchev–Trinajstić information content (AvgIpc) is 2.43. The van der Waals surface area contributed by atoms with Gasteiger partial charge < -0.3 is 5.32 Å². The summed E-state index contributed by atoms with van der Waals surface area (Å²) < 4.78 is 0.980. The maximum atomic E-state index is 5.50. The zero-order chi connectivity index (χ0) is 13.7. The van der Waals surface area contributed by atoms with E-state index in [4.69, 9.17) is 5.84 Å². The Morgan fingerprint density at radius 1 is 1.16 bits per heavy atom. The van der Waals surface area contributed by atoms with Crippen LogP contribution in [0.15, 0.2) is 58.0 Å². The summed E-state index contributed by atoms with van der Waals surface area (Å²) in [5.41, 5.74) is 5.42. The summed E-state index contributed by atoms with van der Waals surface area (Å²) in [6, 6.07) is 15.7. The third kappa shape index (κ3) is 3.81. The van der Waals surface area contributed by atoms with Gasteiger partial charge in [-0.15, -0.1) is 0 Å². The van der Waals surface area contributed by atoms with E-state index in [1.54, 1.807) is 0 Å². The SMILES string of the molecule is Cc1ccc(Br)cc1N=C(NN)Nc1ccccc1. The molecule has 0 aromatic heterocycles. The molecule has 4 nitrogen and oxygen atoms in total. The van der Waals surface area contributed by atoms with Crippen LogP contribution < -0.4 is 16.6 Å². The van der Waals surface area contributed by atoms with E-state index in [-0.39, 0.29) is 0 Å². The zero-order valence-electron chi connectivity index (χ0n) is 10.5. The highest BCUT2D eigenvalue weighted by atomic mass is 79.9. The first-order valence-electron chi connectivity index (χ1n) is 5.82. The van der Waals surface area contributed by atoms with Crippen LogP contribution >= 0.6 is 15.9 Å². The van der Waals surface area contributed by atoms with Gasteiger partial charge >= 0.3 is 0 Å². The molecule has 0 saturated heterocycles. The lowest BCUT2D eigenvalue weighted by molar-refractivity contribution is 1.02. The van der Waals surface area contributed by atoms with Crippen LogP contribution in [0.5, 0.6) is 0 Å². The Morgan fingerprint density at radius 3 is 2.58 bits per heavy atom. The highest BCUT2D eigenvalue weighted by Gasteiger charge is 2.01. The fourth-order valence-corrected chi connectivity index (χ4v) is 1.93. The van der Waals surface area contributed by atoms with Crippen LogP contribution in [-0.4, -0.2) is 5.96 Å². The number of nitrogens with zero attached hydrogens (tertiary/aromatic N) is 1. The molecule has 2 aromatic carbocycles. The number of rotatable bonds is 2. The van der Waals surface area contributed by atoms with Gasteiger partial charge in [0, 0.05) is 10.2 Å². The van der Waals surface area contributed by atoms with Crippen molar-refractivity contribution in [3.8, 4) is 0 Å². The van der Waals surface area contributed by atoms with E-state index in [0.717, 1.165) is 21.4 Å². The molecule has 4 N–H and O–H groups in total. The summed E-state index contributed by atoms with van der Waals surface area (Å²) in [5, 5.41) is 3.12. The summed E-state index contributed by atoms with van der Waals surface area (Å²) >= 11 is 3.43. The lowest BCUT2D eigenvalue weighted by atomic mass is 10.2. The van der Waals surface area contributed by atoms with Gasteiger partial charge in [0.2, 0.25) is 5.96 Å². The summed E-state index contributed by atoms with van der Waals surface area (Å²) in [5.74, 6) is 5.99. The van der Waals surface area contributed by atoms with Gasteiger partial charge in [0.1, 0.15) is 0 Å². The van der Waals surface area contributed by atoms with E-state index in [1.807, 2.05) is 55.5 Å². The molecule has 2 rings (SSSR count). The Labute approximate surface area is 120 Å². The molecular weight excluding hydrogens is 304 g/mol. The van der Waals surface area contributed by atoms with Crippen molar-refractivity contribution in [3.63, 3.8) is 0 Å². The summed E-state index contributed by atoms with van der Waals surface area (Å²) in [6.07, 6.45) is 0. The lowest BCUT2D eigenvalue weighted by Gasteiger charge is -2.10. The van der Waals surface area contributed by atoms with Gasteiger partial charge in [-0.25, -0.2) is 10.8 Å². The van der Waals surface area contributed by atoms with Crippen molar-refractivity contribution in [2.45, 2.75) is 6.92 Å². The molecule has 98 valence electrons. The molecule has 19 heavy (non-hydrogen) atoms. The maximum Gasteiger partial charge on any atom is 0.215 e. The molecule has 0 spiro atoms. The molecule has 0 aliphatic rings. The van der Waals surface area contributed by atoms with Crippen molar-refractivity contribution < 1.29 is 0 Å². The number of hydrogen-bond acceptors (Lipinski definition) is 2. The number of nitrogens with two attached hydrogens (primary N) is 1. The maximum absolute atomic E-state index is 5.50. The van der Waals surface area contributed by atoms with Crippen LogP contribution in [0.2, 0.25) is 0 Å². The van der Waals surface area contributed by atoms with E-state index in [1.165, 1.54) is 0 Å². The Balaban J connectivity index is 2.26. The third-order valence-electron chi connectivity index (χ3n) is 2.58. The minimum Gasteiger partial charge on any atom is -0.325 e. The third-order valence-corrected chi connectivity index (χ3v) is 3.07. The number of benzene rings is 2. The normalized spacial score (nSPS) is 11.2. The molecule has 0 heterocycles. The van der Waals surface area contributed by atoms with Crippen molar-refractivity contribution in [2.24, 2.45) is 10.8 Å². The number of hydrogen-bond donors (Lipinski definition) is 3. The van der Waals surface area contributed by atoms with Gasteiger partial charge in [0.15, 0.2) is 0 Å². The Hall–Kier alpha value is -1.85. The van der Waals surface area contributed by atoms with E-state index in [9.17, 15) is 0 Å². The number of aryl methyl sites for hydroxylation is 1. The number of guanidine groups is 1. The van der Waals surface area contributed by atoms with Gasteiger partial charge in [-0.05, 0) is 36.8 Å². The standard InChI is InChI=1S/C14H15BrN4/c1-10-7-8-11(15)9-13(10)18-14(19-16)17-12-5-3-2-4-6-12/h2-9H,16H2,1H3,(H2,17,18,19). The first kappa shape index (κ1) is 13.6. The second kappa shape index (κ2) is 6.36. The van der Waals surface area contributed by atoms with E-state index in [0.29, 0.717) is 5.96 Å². The van der Waals surface area contributed by atoms with E-state index in [2.05, 4.69) is 31.7 Å². The first-order chi connectivity index (χ1) is 9.19. The molecule has 5 heteroatoms. The number of halogens is 1. The molecule has 0 radical (unpaired) electrons. The number of aliphatic imine (C=N–C) groups is 1. The van der Waals surface area contributed by atoms with Gasteiger partial charge in [-0.3, -0.25) is 5.43 Å². The van der Waals surface area contributed by atoms with Gasteiger partial charge in [-0.2, -0.15) is 0 Å². The van der Waals surface area contributed by atoms with Crippen LogP contribution in [0, 0.1) is 6.92 Å². The highest BCUT2D eigenvalue weighted by molar-refractivity contribution is 9.10. The van der Waals surface area contributed by atoms with Crippen LogP contribution in [-0.2, 0) is 0 Å². The average molecular weight is 319 g/mol. The van der Waals surface area contributed by atoms with Crippen LogP contribution in [0.1, 0.15) is 5.56 Å². The van der Waals surface area contributed by atoms with E-state index >= 15 is 0 Å². The molecule has 0 fully saturated rings. The molecule has 0 aliphatic heterocycles. The topological polar surface area (TPSA) is 62.4 Å². The number of para-hydroxylation sites is 1. The summed E-state index contributed by atoms with van der Waals surface area (Å²) in [6.45, 7) is 2.00. The second-order valence-electron chi connectivity index (χ2n) is 4.03. The molecule has 0 unspecified atom stereocenters. The van der Waals surface area contributed by atoms with Crippen molar-refractivity contribution in [1.82, 2.24) is 5.43 Å². The molecule has 0 saturated carbocycles. The summed E-state index contributed by atoms with van der Waals surface area (Å²) in [4.78, 5) is 4.47. The Kier molecular flexibility index (Phi) is 4.54. The first-order valence-corrected chi connectivity index (χ1v) is 6.62. The molecule has 0 aliphatic carbocycles. The summed E-state index contributed by atoms with van der Waals surface area (Å²) in [7, 11) is 0. The minimum absolute atomic E-state index is 0.493. The quantitative estimate of drug-likeness (QED) is 0.344. The molecule has 2 aromatic rings. The predicted molar refractivity (Wildman–Crippen MR) is 83.4 cm³/mol. The van der Waals surface area contributed by atoms with Gasteiger partial charge in [-0.1, -0.05) is 40.2 Å². The molecule has 0 atom stereocenters. The van der Waals surface area contributed by atoms with Crippen LogP contribution in [0.3, 0.4) is 0 Å². The number of anilines is 1. The van der Waals surface area contributed by atoms with Crippen molar-refractivity contribution >= 4 is 33.3 Å². The van der Waals surface area contributed by atoms with Crippen molar-refractivity contribution in [3.05, 3.63) is 58.6 Å². The largest absolute Gasteiger partial charge is 0.325 e. The van der Waals surface area contributed by atoms with Crippen LogP contribution in [0.25, 0.3) is 0 Å². The monoisotopic (exact) mass is 318 g/mol. The predicted octanol–water partition coefficient (Wildman–Crippen LogP) is 3.32. The lowest BCUT2D eigenvalue weighted by Crippen LogP contribution is -2.36. The minimum atomic E-state index is 0.493. The fraction of sp³-hybridized carbons (Fsp3) is 0.0714. The fourth-order valence-electron chi connectivity index (χ4n) is 1.58. The number of nitrogens with one attached hydrogen (secondary N) is 2. The smallest absolute Gasteiger partial charge is 0.215 e. The van der Waals surface area contributed by atoms with Gasteiger partial charge in [0.25, 0.3) is 0 Å². The second-order valence-corrected chi connectivity index (χ2v) is 4.94. The molecule has 0 amide bonds. The highest BCUT2D eigenvalue weighted by Crippen LogP contribution is 2.23. The van der Waals surface area contributed by atoms with Crippen LogP contribution in [0.4, 0.5) is 11.4 Å². The van der Waals surface area contributed by atoms with E-state index < -0.39 is 0 Å². The Bertz CT molecular complexity index is 581. The van der Waals surface area contributed by atoms with Crippen molar-refractivity contribution in [2.75, 3.05) is 5.32 Å².